The van der Waals surface area contributed by atoms with Gasteiger partial charge in [0.2, 0.25) is 0 Å². The average molecular weight is 274 g/mol. The Morgan fingerprint density at radius 1 is 1.10 bits per heavy atom. The minimum Gasteiger partial charge on any atom is -0.196 e. The fraction of sp³-hybridized carbons (Fsp3) is 0.263. The van der Waals surface area contributed by atoms with Gasteiger partial charge in [0, 0.05) is 6.42 Å². The molecule has 0 heterocycles. The van der Waals surface area contributed by atoms with Crippen LogP contribution in [0.2, 0.25) is 0 Å². The number of benzene rings is 1. The number of rotatable bonds is 5. The second-order valence-electron chi connectivity index (χ2n) is 5.25. The van der Waals surface area contributed by atoms with Crippen molar-refractivity contribution in [2.75, 3.05) is 0 Å². The fourth-order valence-electron chi connectivity index (χ4n) is 3.04. The molecule has 1 aliphatic rings. The molecule has 0 aromatic heterocycles. The van der Waals surface area contributed by atoms with E-state index < -0.39 is 5.41 Å². The Labute approximate surface area is 126 Å². The van der Waals surface area contributed by atoms with E-state index in [2.05, 4.69) is 31.4 Å². The number of nitrogens with zero attached hydrogens (tertiary/aromatic N) is 2. The highest BCUT2D eigenvalue weighted by atomic mass is 14.4. The molecule has 0 atom stereocenters. The molecule has 1 aromatic carbocycles. The zero-order valence-corrected chi connectivity index (χ0v) is 12.1. The van der Waals surface area contributed by atoms with E-state index in [-0.39, 0.29) is 0 Å². The van der Waals surface area contributed by atoms with Gasteiger partial charge in [-0.1, -0.05) is 42.0 Å². The van der Waals surface area contributed by atoms with Gasteiger partial charge in [-0.3, -0.25) is 0 Å². The van der Waals surface area contributed by atoms with E-state index in [4.69, 9.17) is 0 Å². The molecule has 0 fully saturated rings. The predicted octanol–water partition coefficient (Wildman–Crippen LogP) is 4.57. The predicted molar refractivity (Wildman–Crippen MR) is 85.0 cm³/mol. The molecule has 0 unspecified atom stereocenters. The number of hydrogen-bond acceptors (Lipinski definition) is 2. The number of hydrogen-bond donors (Lipinski definition) is 0. The SMILES string of the molecule is C=CCC1=C(C(C#N)(C#N)CC=C)c2ccccc2CC1. The molecule has 1 aliphatic carbocycles. The first-order valence-corrected chi connectivity index (χ1v) is 7.07. The van der Waals surface area contributed by atoms with Crippen LogP contribution in [0.15, 0.2) is 55.1 Å². The van der Waals surface area contributed by atoms with Gasteiger partial charge < -0.3 is 0 Å². The van der Waals surface area contributed by atoms with Gasteiger partial charge in [0.25, 0.3) is 0 Å². The van der Waals surface area contributed by atoms with Crippen molar-refractivity contribution in [3.63, 3.8) is 0 Å². The lowest BCUT2D eigenvalue weighted by molar-refractivity contribution is 0.677. The summed E-state index contributed by atoms with van der Waals surface area (Å²) in [4.78, 5) is 0. The van der Waals surface area contributed by atoms with Crippen molar-refractivity contribution < 1.29 is 0 Å². The van der Waals surface area contributed by atoms with Gasteiger partial charge in [0.15, 0.2) is 5.41 Å². The Balaban J connectivity index is 2.74. The highest BCUT2D eigenvalue weighted by molar-refractivity contribution is 5.81. The number of nitriles is 2. The quantitative estimate of drug-likeness (QED) is 0.738. The van der Waals surface area contributed by atoms with Crippen LogP contribution in [0.1, 0.15) is 30.4 Å². The summed E-state index contributed by atoms with van der Waals surface area (Å²) in [6.07, 6.45) is 6.37. The van der Waals surface area contributed by atoms with Crippen molar-refractivity contribution in [3.05, 3.63) is 66.3 Å². The summed E-state index contributed by atoms with van der Waals surface area (Å²) in [7, 11) is 0. The minimum atomic E-state index is -1.16. The molecule has 2 nitrogen and oxygen atoms in total. The second kappa shape index (κ2) is 6.25. The Bertz CT molecular complexity index is 666. The number of allylic oxidation sites excluding steroid dienone is 4. The Morgan fingerprint density at radius 2 is 1.81 bits per heavy atom. The van der Waals surface area contributed by atoms with Crippen molar-refractivity contribution in [2.24, 2.45) is 5.41 Å². The van der Waals surface area contributed by atoms with E-state index in [0.717, 1.165) is 29.6 Å². The minimum absolute atomic E-state index is 0.338. The van der Waals surface area contributed by atoms with Gasteiger partial charge in [-0.2, -0.15) is 10.5 Å². The highest BCUT2D eigenvalue weighted by Crippen LogP contribution is 2.45. The highest BCUT2D eigenvalue weighted by Gasteiger charge is 2.38. The van der Waals surface area contributed by atoms with Crippen LogP contribution in [-0.4, -0.2) is 0 Å². The van der Waals surface area contributed by atoms with Crippen LogP contribution in [0.3, 0.4) is 0 Å². The van der Waals surface area contributed by atoms with Crippen LogP contribution in [0.25, 0.3) is 5.57 Å². The second-order valence-corrected chi connectivity index (χ2v) is 5.25. The van der Waals surface area contributed by atoms with Gasteiger partial charge >= 0.3 is 0 Å². The van der Waals surface area contributed by atoms with Crippen LogP contribution in [-0.2, 0) is 6.42 Å². The maximum atomic E-state index is 9.69. The summed E-state index contributed by atoms with van der Waals surface area (Å²) in [6, 6.07) is 12.5. The molecule has 21 heavy (non-hydrogen) atoms. The van der Waals surface area contributed by atoms with Crippen LogP contribution in [0.4, 0.5) is 0 Å². The lowest BCUT2D eigenvalue weighted by Crippen LogP contribution is -2.22. The first-order valence-electron chi connectivity index (χ1n) is 7.07. The summed E-state index contributed by atoms with van der Waals surface area (Å²) < 4.78 is 0. The molecule has 0 saturated carbocycles. The maximum absolute atomic E-state index is 9.69. The molecule has 0 bridgehead atoms. The molecule has 0 aliphatic heterocycles. The summed E-state index contributed by atoms with van der Waals surface area (Å²) >= 11 is 0. The van der Waals surface area contributed by atoms with Gasteiger partial charge in [0.1, 0.15) is 0 Å². The molecule has 104 valence electrons. The molecule has 0 N–H and O–H groups in total. The molecule has 0 amide bonds. The van der Waals surface area contributed by atoms with E-state index in [1.807, 2.05) is 24.3 Å². The van der Waals surface area contributed by atoms with Crippen LogP contribution in [0, 0.1) is 28.1 Å². The van der Waals surface area contributed by atoms with Crippen molar-refractivity contribution in [3.8, 4) is 12.1 Å². The topological polar surface area (TPSA) is 47.6 Å². The van der Waals surface area contributed by atoms with Crippen LogP contribution >= 0.6 is 0 Å². The largest absolute Gasteiger partial charge is 0.196 e. The van der Waals surface area contributed by atoms with Gasteiger partial charge in [-0.25, -0.2) is 0 Å². The zero-order chi connectivity index (χ0) is 15.3. The van der Waals surface area contributed by atoms with E-state index in [1.54, 1.807) is 6.08 Å². The molecular formula is C19H18N2. The molecule has 2 heteroatoms. The van der Waals surface area contributed by atoms with E-state index in [9.17, 15) is 10.5 Å². The summed E-state index contributed by atoms with van der Waals surface area (Å²) in [6.45, 7) is 7.52. The van der Waals surface area contributed by atoms with E-state index in [1.165, 1.54) is 5.56 Å². The Kier molecular flexibility index (Phi) is 4.41. The van der Waals surface area contributed by atoms with Crippen molar-refractivity contribution in [1.82, 2.24) is 0 Å². The molecule has 0 spiro atoms. The monoisotopic (exact) mass is 274 g/mol. The molecule has 0 radical (unpaired) electrons. The van der Waals surface area contributed by atoms with Gasteiger partial charge in [0.05, 0.1) is 12.1 Å². The molecule has 2 rings (SSSR count). The molecule has 0 saturated heterocycles. The zero-order valence-electron chi connectivity index (χ0n) is 12.1. The third-order valence-corrected chi connectivity index (χ3v) is 3.99. The first kappa shape index (κ1) is 14.8. The average Bonchev–Trinajstić information content (AvgIpc) is 2.53. The Morgan fingerprint density at radius 3 is 2.43 bits per heavy atom. The summed E-state index contributed by atoms with van der Waals surface area (Å²) in [5.74, 6) is 0. The van der Waals surface area contributed by atoms with Gasteiger partial charge in [-0.05, 0) is 36.0 Å². The van der Waals surface area contributed by atoms with Crippen LogP contribution in [0.5, 0.6) is 0 Å². The third-order valence-electron chi connectivity index (χ3n) is 3.99. The van der Waals surface area contributed by atoms with Gasteiger partial charge in [-0.15, -0.1) is 13.2 Å². The first-order chi connectivity index (χ1) is 10.2. The van der Waals surface area contributed by atoms with Crippen molar-refractivity contribution in [1.29, 1.82) is 10.5 Å². The fourth-order valence-corrected chi connectivity index (χ4v) is 3.04. The number of fused-ring (bicyclic) bond motifs is 1. The summed E-state index contributed by atoms with van der Waals surface area (Å²) in [5, 5.41) is 19.4. The molecular weight excluding hydrogens is 256 g/mol. The Hall–Kier alpha value is -2.58. The van der Waals surface area contributed by atoms with Crippen LogP contribution < -0.4 is 0 Å². The normalized spacial score (nSPS) is 13.8. The van der Waals surface area contributed by atoms with Crippen molar-refractivity contribution >= 4 is 5.57 Å². The lowest BCUT2D eigenvalue weighted by atomic mass is 9.69. The van der Waals surface area contributed by atoms with Crippen molar-refractivity contribution in [2.45, 2.75) is 25.7 Å². The summed E-state index contributed by atoms with van der Waals surface area (Å²) in [5.41, 5.74) is 3.10. The number of aryl methyl sites for hydroxylation is 1. The van der Waals surface area contributed by atoms with E-state index >= 15 is 0 Å². The molecule has 1 aromatic rings. The third kappa shape index (κ3) is 2.54. The smallest absolute Gasteiger partial charge is 0.172 e. The van der Waals surface area contributed by atoms with E-state index in [0.29, 0.717) is 12.8 Å². The lowest BCUT2D eigenvalue weighted by Gasteiger charge is -2.30. The maximum Gasteiger partial charge on any atom is 0.172 e. The standard InChI is InChI=1S/C19H18N2/c1-3-7-16-11-10-15-8-5-6-9-17(15)18(16)19(13-20,14-21)12-4-2/h3-6,8-9H,1-2,7,10-12H2.